The summed E-state index contributed by atoms with van der Waals surface area (Å²) in [6.07, 6.45) is 8.51. The molecule has 2 amide bonds. The molecule has 0 unspecified atom stereocenters. The highest BCUT2D eigenvalue weighted by molar-refractivity contribution is 6.00. The number of aromatic nitrogens is 4. The van der Waals surface area contributed by atoms with Gasteiger partial charge in [0.25, 0.3) is 5.91 Å². The zero-order valence-electron chi connectivity index (χ0n) is 26.2. The second-order valence-electron chi connectivity index (χ2n) is 13.4. The van der Waals surface area contributed by atoms with Gasteiger partial charge in [-0.05, 0) is 76.3 Å². The summed E-state index contributed by atoms with van der Waals surface area (Å²) in [5.74, 6) is 1.49. The summed E-state index contributed by atoms with van der Waals surface area (Å²) in [7, 11) is 3.64. The first-order chi connectivity index (χ1) is 21.2. The van der Waals surface area contributed by atoms with Crippen LogP contribution in [0.1, 0.15) is 87.7 Å². The minimum atomic E-state index is -0.600. The standard InChI is InChI=1S/C34H43N7O3/c1-34(2)28-14-11-20-17-26(40(31(20)37-28)15-9-7-5-6-8-10-29(42)38-34)32-36-24-16-21(18-27(44-4)30(24)39(32)3)33(43)41-22-12-13-25(41)23(35)19-22/h11,14,16-18,22-23,25H,5-10,12-13,15,19,35H2,1-4H3,(H,38,42)/t22-,23+,25+/m0/s1. The Morgan fingerprint density at radius 3 is 2.61 bits per heavy atom. The normalized spacial score (nSPS) is 23.8. The van der Waals surface area contributed by atoms with Gasteiger partial charge in [0.1, 0.15) is 16.9 Å². The Balaban J connectivity index is 1.33. The van der Waals surface area contributed by atoms with Crippen molar-refractivity contribution in [3.8, 4) is 17.3 Å². The number of imidazole rings is 1. The molecule has 0 saturated carbocycles. The number of hydrogen-bond donors (Lipinski definition) is 2. The minimum absolute atomic E-state index is 0.00607. The second kappa shape index (κ2) is 10.9. The van der Waals surface area contributed by atoms with Gasteiger partial charge in [-0.25, -0.2) is 9.97 Å². The SMILES string of the molecule is COc1cc(C(=O)N2[C@H]3CC[C@@H]2[C@H](N)C3)cc2nc(-c3cc4ccc5nc4n3CCCCCCCC(=O)NC5(C)C)n(C)c12. The summed E-state index contributed by atoms with van der Waals surface area (Å²) in [5, 5.41) is 4.22. The molecule has 6 heterocycles. The molecule has 232 valence electrons. The van der Waals surface area contributed by atoms with Crippen molar-refractivity contribution in [2.24, 2.45) is 12.8 Å². The minimum Gasteiger partial charge on any atom is -0.494 e. The Morgan fingerprint density at radius 2 is 1.86 bits per heavy atom. The Morgan fingerprint density at radius 1 is 1.07 bits per heavy atom. The number of nitrogens with zero attached hydrogens (tertiary/aromatic N) is 5. The van der Waals surface area contributed by atoms with Crippen LogP contribution in [0.25, 0.3) is 33.6 Å². The summed E-state index contributed by atoms with van der Waals surface area (Å²) in [4.78, 5) is 38.8. The first-order valence-electron chi connectivity index (χ1n) is 16.1. The molecule has 3 atom stereocenters. The summed E-state index contributed by atoms with van der Waals surface area (Å²) < 4.78 is 10.2. The Labute approximate surface area is 257 Å². The molecule has 4 bridgehead atoms. The average Bonchev–Trinajstić information content (AvgIpc) is 3.74. The van der Waals surface area contributed by atoms with E-state index in [-0.39, 0.29) is 29.9 Å². The lowest BCUT2D eigenvalue weighted by atomic mass is 9.97. The number of aryl methyl sites for hydroxylation is 2. The van der Waals surface area contributed by atoms with Crippen LogP contribution < -0.4 is 15.8 Å². The van der Waals surface area contributed by atoms with Crippen LogP contribution in [0.15, 0.2) is 30.3 Å². The maximum absolute atomic E-state index is 13.8. The third kappa shape index (κ3) is 4.74. The Kier molecular flexibility index (Phi) is 7.15. The Hall–Kier alpha value is -3.92. The van der Waals surface area contributed by atoms with Crippen LogP contribution >= 0.6 is 0 Å². The lowest BCUT2D eigenvalue weighted by molar-refractivity contribution is -0.122. The summed E-state index contributed by atoms with van der Waals surface area (Å²) in [6, 6.07) is 10.4. The zero-order chi connectivity index (χ0) is 30.7. The molecule has 44 heavy (non-hydrogen) atoms. The number of pyridine rings is 1. The van der Waals surface area contributed by atoms with Gasteiger partial charge in [-0.1, -0.05) is 19.3 Å². The first-order valence-corrected chi connectivity index (χ1v) is 16.1. The predicted molar refractivity (Wildman–Crippen MR) is 170 cm³/mol. The number of amides is 2. The fourth-order valence-corrected chi connectivity index (χ4v) is 7.77. The van der Waals surface area contributed by atoms with Gasteiger partial charge in [-0.3, -0.25) is 9.59 Å². The number of hydrogen-bond acceptors (Lipinski definition) is 6. The molecule has 10 heteroatoms. The number of methoxy groups -OCH3 is 1. The van der Waals surface area contributed by atoms with E-state index in [1.54, 1.807) is 7.11 Å². The quantitative estimate of drug-likeness (QED) is 0.343. The number of fused-ring (bicyclic) bond motifs is 4. The molecular formula is C34H43N7O3. The molecule has 0 aliphatic carbocycles. The van der Waals surface area contributed by atoms with Gasteiger partial charge in [-0.15, -0.1) is 0 Å². The van der Waals surface area contributed by atoms with Crippen LogP contribution in [0.3, 0.4) is 0 Å². The summed E-state index contributed by atoms with van der Waals surface area (Å²) in [5.41, 5.74) is 10.6. The molecule has 2 fully saturated rings. The third-order valence-electron chi connectivity index (χ3n) is 10.1. The number of nitrogens with one attached hydrogen (secondary N) is 1. The molecule has 0 spiro atoms. The van der Waals surface area contributed by atoms with Gasteiger partial charge in [0.15, 0.2) is 5.82 Å². The molecule has 4 aromatic rings. The molecule has 3 aliphatic rings. The largest absolute Gasteiger partial charge is 0.494 e. The van der Waals surface area contributed by atoms with Crippen LogP contribution in [0.4, 0.5) is 0 Å². The monoisotopic (exact) mass is 597 g/mol. The highest BCUT2D eigenvalue weighted by Crippen LogP contribution is 2.40. The van der Waals surface area contributed by atoms with E-state index in [2.05, 4.69) is 26.6 Å². The van der Waals surface area contributed by atoms with Gasteiger partial charge in [0.2, 0.25) is 5.91 Å². The van der Waals surface area contributed by atoms with E-state index in [9.17, 15) is 9.59 Å². The van der Waals surface area contributed by atoms with E-state index in [1.165, 1.54) is 0 Å². The first kappa shape index (κ1) is 28.8. The molecule has 3 aliphatic heterocycles. The number of carbonyl (C=O) groups is 2. The smallest absolute Gasteiger partial charge is 0.254 e. The van der Waals surface area contributed by atoms with Crippen molar-refractivity contribution in [1.29, 1.82) is 0 Å². The number of ether oxygens (including phenoxy) is 1. The van der Waals surface area contributed by atoms with E-state index in [0.717, 1.165) is 97.2 Å². The van der Waals surface area contributed by atoms with Gasteiger partial charge in [0.05, 0.1) is 29.6 Å². The van der Waals surface area contributed by atoms with E-state index in [1.807, 2.05) is 44.0 Å². The van der Waals surface area contributed by atoms with E-state index in [4.69, 9.17) is 20.4 Å². The summed E-state index contributed by atoms with van der Waals surface area (Å²) >= 11 is 0. The van der Waals surface area contributed by atoms with E-state index in [0.29, 0.717) is 17.7 Å². The number of benzene rings is 1. The average molecular weight is 598 g/mol. The molecule has 10 nitrogen and oxygen atoms in total. The highest BCUT2D eigenvalue weighted by Gasteiger charge is 2.47. The zero-order valence-corrected chi connectivity index (χ0v) is 26.2. The van der Waals surface area contributed by atoms with Gasteiger partial charge >= 0.3 is 0 Å². The van der Waals surface area contributed by atoms with Crippen LogP contribution in [0.5, 0.6) is 5.75 Å². The number of carbonyl (C=O) groups excluding carboxylic acids is 2. The van der Waals surface area contributed by atoms with Crippen molar-refractivity contribution in [3.63, 3.8) is 0 Å². The van der Waals surface area contributed by atoms with E-state index < -0.39 is 5.54 Å². The van der Waals surface area contributed by atoms with Gasteiger partial charge in [0, 0.05) is 49.1 Å². The van der Waals surface area contributed by atoms with Crippen LogP contribution in [0, 0.1) is 0 Å². The maximum atomic E-state index is 13.8. The van der Waals surface area contributed by atoms with Crippen molar-refractivity contribution < 1.29 is 14.3 Å². The molecule has 1 aromatic carbocycles. The predicted octanol–water partition coefficient (Wildman–Crippen LogP) is 5.01. The van der Waals surface area contributed by atoms with Crippen molar-refractivity contribution in [1.82, 2.24) is 29.3 Å². The van der Waals surface area contributed by atoms with Crippen molar-refractivity contribution >= 4 is 33.9 Å². The van der Waals surface area contributed by atoms with Crippen LogP contribution in [-0.2, 0) is 23.9 Å². The molecule has 7 rings (SSSR count). The molecule has 0 radical (unpaired) electrons. The molecule has 2 saturated heterocycles. The lowest BCUT2D eigenvalue weighted by Gasteiger charge is -2.26. The second-order valence-corrected chi connectivity index (χ2v) is 13.4. The van der Waals surface area contributed by atoms with Gasteiger partial charge < -0.3 is 29.8 Å². The number of rotatable bonds is 3. The van der Waals surface area contributed by atoms with Crippen LogP contribution in [-0.4, -0.2) is 61.1 Å². The highest BCUT2D eigenvalue weighted by atomic mass is 16.5. The molecule has 3 N–H and O–H groups in total. The van der Waals surface area contributed by atoms with Gasteiger partial charge in [-0.2, -0.15) is 0 Å². The van der Waals surface area contributed by atoms with Crippen molar-refractivity contribution in [2.45, 2.75) is 102 Å². The maximum Gasteiger partial charge on any atom is 0.254 e. The van der Waals surface area contributed by atoms with Crippen LogP contribution in [0.2, 0.25) is 0 Å². The number of nitrogens with two attached hydrogens (primary N) is 1. The van der Waals surface area contributed by atoms with E-state index >= 15 is 0 Å². The fourth-order valence-electron chi connectivity index (χ4n) is 7.77. The third-order valence-corrected chi connectivity index (χ3v) is 10.1. The van der Waals surface area contributed by atoms with Crippen molar-refractivity contribution in [3.05, 3.63) is 41.6 Å². The molecule has 3 aromatic heterocycles. The van der Waals surface area contributed by atoms with Crippen molar-refractivity contribution in [2.75, 3.05) is 7.11 Å². The summed E-state index contributed by atoms with van der Waals surface area (Å²) in [6.45, 7) is 4.83. The lowest BCUT2D eigenvalue weighted by Crippen LogP contribution is -2.41. The topological polar surface area (TPSA) is 120 Å². The Bertz CT molecular complexity index is 1770. The molecular weight excluding hydrogens is 554 g/mol. The fraction of sp³-hybridized carbons (Fsp3) is 0.529.